The smallest absolute Gasteiger partial charge is 0.243 e. The number of hydrogen-bond donors (Lipinski definition) is 1. The predicted molar refractivity (Wildman–Crippen MR) is 168 cm³/mol. The van der Waals surface area contributed by atoms with Gasteiger partial charge in [-0.25, -0.2) is 8.42 Å². The Morgan fingerprint density at radius 3 is 2.24 bits per heavy atom. The fourth-order valence-electron chi connectivity index (χ4n) is 4.75. The topological polar surface area (TPSA) is 96.0 Å². The molecule has 3 aromatic carbocycles. The van der Waals surface area contributed by atoms with Gasteiger partial charge in [0.2, 0.25) is 21.8 Å². The van der Waals surface area contributed by atoms with Crippen molar-refractivity contribution in [2.24, 2.45) is 0 Å². The van der Waals surface area contributed by atoms with Crippen molar-refractivity contribution in [1.82, 2.24) is 10.2 Å². The molecule has 2 amide bonds. The third-order valence-corrected chi connectivity index (χ3v) is 8.06. The highest BCUT2D eigenvalue weighted by molar-refractivity contribution is 7.92. The molecular weight excluding hydrogens is 550 g/mol. The first-order valence-electron chi connectivity index (χ1n) is 14.1. The van der Waals surface area contributed by atoms with Gasteiger partial charge in [-0.1, -0.05) is 60.7 Å². The lowest BCUT2D eigenvalue weighted by atomic mass is 9.99. The molecule has 0 aliphatic rings. The summed E-state index contributed by atoms with van der Waals surface area (Å²) in [6.45, 7) is 8.08. The largest absolute Gasteiger partial charge is 0.497 e. The number of benzene rings is 3. The van der Waals surface area contributed by atoms with Crippen LogP contribution in [0.2, 0.25) is 0 Å². The molecule has 0 fully saturated rings. The van der Waals surface area contributed by atoms with Crippen LogP contribution in [0, 0.1) is 6.92 Å². The van der Waals surface area contributed by atoms with Crippen molar-refractivity contribution >= 4 is 27.5 Å². The van der Waals surface area contributed by atoms with Gasteiger partial charge in [0.25, 0.3) is 0 Å². The number of sulfonamides is 1. The summed E-state index contributed by atoms with van der Waals surface area (Å²) < 4.78 is 31.9. The van der Waals surface area contributed by atoms with Gasteiger partial charge in [-0.05, 0) is 62.9 Å². The Kier molecular flexibility index (Phi) is 11.2. The molecule has 8 nitrogen and oxygen atoms in total. The quantitative estimate of drug-likeness (QED) is 0.297. The first kappa shape index (κ1) is 32.7. The number of ether oxygens (including phenoxy) is 1. The van der Waals surface area contributed by atoms with E-state index < -0.39 is 21.6 Å². The van der Waals surface area contributed by atoms with E-state index in [1.54, 1.807) is 29.2 Å². The lowest BCUT2D eigenvalue weighted by Crippen LogP contribution is -2.54. The molecule has 0 heterocycles. The Morgan fingerprint density at radius 1 is 0.952 bits per heavy atom. The maximum Gasteiger partial charge on any atom is 0.243 e. The van der Waals surface area contributed by atoms with Gasteiger partial charge >= 0.3 is 0 Å². The van der Waals surface area contributed by atoms with Crippen LogP contribution in [0.3, 0.4) is 0 Å². The molecule has 3 aromatic rings. The normalized spacial score (nSPS) is 12.3. The second-order valence-corrected chi connectivity index (χ2v) is 13.4. The molecule has 0 aliphatic heterocycles. The number of hydrogen-bond acceptors (Lipinski definition) is 5. The molecule has 9 heteroatoms. The second kappa shape index (κ2) is 14.4. The monoisotopic (exact) mass is 593 g/mol. The van der Waals surface area contributed by atoms with Gasteiger partial charge < -0.3 is 15.0 Å². The molecule has 0 bridgehead atoms. The molecule has 42 heavy (non-hydrogen) atoms. The Labute approximate surface area is 250 Å². The minimum atomic E-state index is -3.62. The number of amides is 2. The highest BCUT2D eigenvalue weighted by atomic mass is 32.2. The van der Waals surface area contributed by atoms with Gasteiger partial charge in [0.05, 0.1) is 19.1 Å². The first-order valence-corrected chi connectivity index (χ1v) is 15.9. The van der Waals surface area contributed by atoms with Crippen LogP contribution in [-0.4, -0.2) is 56.6 Å². The number of carbonyl (C=O) groups is 2. The molecular formula is C33H43N3O5S. The number of rotatable bonds is 13. The maximum atomic E-state index is 14.0. The van der Waals surface area contributed by atoms with Gasteiger partial charge in [0, 0.05) is 37.5 Å². The van der Waals surface area contributed by atoms with Crippen LogP contribution in [-0.2, 0) is 32.6 Å². The van der Waals surface area contributed by atoms with Gasteiger partial charge in [-0.2, -0.15) is 0 Å². The molecule has 1 N–H and O–H groups in total. The average molecular weight is 594 g/mol. The zero-order valence-corrected chi connectivity index (χ0v) is 26.3. The zero-order chi connectivity index (χ0) is 30.9. The summed E-state index contributed by atoms with van der Waals surface area (Å²) >= 11 is 0. The Balaban J connectivity index is 1.91. The van der Waals surface area contributed by atoms with Crippen molar-refractivity contribution in [1.29, 1.82) is 0 Å². The average Bonchev–Trinajstić information content (AvgIpc) is 2.92. The number of carbonyl (C=O) groups excluding carboxylic acids is 2. The van der Waals surface area contributed by atoms with Gasteiger partial charge in [-0.15, -0.1) is 0 Å². The van der Waals surface area contributed by atoms with Crippen molar-refractivity contribution < 1.29 is 22.7 Å². The lowest BCUT2D eigenvalue weighted by Gasteiger charge is -2.34. The van der Waals surface area contributed by atoms with Crippen LogP contribution < -0.4 is 14.4 Å². The van der Waals surface area contributed by atoms with Gasteiger partial charge in [-0.3, -0.25) is 13.9 Å². The maximum absolute atomic E-state index is 14.0. The minimum Gasteiger partial charge on any atom is -0.497 e. The van der Waals surface area contributed by atoms with E-state index in [-0.39, 0.29) is 37.7 Å². The van der Waals surface area contributed by atoms with Crippen LogP contribution in [0.15, 0.2) is 78.9 Å². The van der Waals surface area contributed by atoms with Gasteiger partial charge in [0.1, 0.15) is 11.8 Å². The Morgan fingerprint density at radius 2 is 1.62 bits per heavy atom. The highest BCUT2D eigenvalue weighted by Gasteiger charge is 2.32. The summed E-state index contributed by atoms with van der Waals surface area (Å²) in [5.41, 5.74) is 2.88. The van der Waals surface area contributed by atoms with Gasteiger partial charge in [0.15, 0.2) is 0 Å². The summed E-state index contributed by atoms with van der Waals surface area (Å²) in [7, 11) is -2.10. The summed E-state index contributed by atoms with van der Waals surface area (Å²) in [4.78, 5) is 29.4. The number of aryl methyl sites for hydroxylation is 1. The van der Waals surface area contributed by atoms with Crippen molar-refractivity contribution in [2.75, 3.05) is 24.2 Å². The van der Waals surface area contributed by atoms with Crippen LogP contribution in [0.5, 0.6) is 5.75 Å². The second-order valence-electron chi connectivity index (χ2n) is 11.5. The summed E-state index contributed by atoms with van der Waals surface area (Å²) in [5, 5.41) is 3.07. The van der Waals surface area contributed by atoms with E-state index in [2.05, 4.69) is 5.32 Å². The molecule has 0 saturated heterocycles. The summed E-state index contributed by atoms with van der Waals surface area (Å²) in [6.07, 6.45) is 1.83. The van der Waals surface area contributed by atoms with E-state index in [0.717, 1.165) is 22.9 Å². The number of methoxy groups -OCH3 is 1. The number of nitrogens with zero attached hydrogens (tertiary/aromatic N) is 2. The Hall–Kier alpha value is -3.85. The highest BCUT2D eigenvalue weighted by Crippen LogP contribution is 2.24. The van der Waals surface area contributed by atoms with Crippen molar-refractivity contribution in [3.8, 4) is 5.75 Å². The van der Waals surface area contributed by atoms with E-state index in [0.29, 0.717) is 17.9 Å². The van der Waals surface area contributed by atoms with Crippen LogP contribution >= 0.6 is 0 Å². The van der Waals surface area contributed by atoms with Crippen molar-refractivity contribution in [3.05, 3.63) is 95.6 Å². The van der Waals surface area contributed by atoms with E-state index in [4.69, 9.17) is 4.74 Å². The third kappa shape index (κ3) is 9.62. The van der Waals surface area contributed by atoms with E-state index >= 15 is 0 Å². The Bertz CT molecular complexity index is 1450. The third-order valence-electron chi connectivity index (χ3n) is 6.86. The fraction of sp³-hybridized carbons (Fsp3) is 0.394. The van der Waals surface area contributed by atoms with E-state index in [9.17, 15) is 18.0 Å². The lowest BCUT2D eigenvalue weighted by molar-refractivity contribution is -0.142. The molecule has 0 radical (unpaired) electrons. The number of nitrogens with one attached hydrogen (secondary N) is 1. The van der Waals surface area contributed by atoms with E-state index in [1.807, 2.05) is 82.3 Å². The molecule has 0 aliphatic carbocycles. The molecule has 0 saturated carbocycles. The van der Waals surface area contributed by atoms with Crippen molar-refractivity contribution in [3.63, 3.8) is 0 Å². The molecule has 1 unspecified atom stereocenters. The summed E-state index contributed by atoms with van der Waals surface area (Å²) in [6, 6.07) is 23.5. The van der Waals surface area contributed by atoms with Crippen molar-refractivity contribution in [2.45, 2.75) is 65.1 Å². The standard InChI is InChI=1S/C33H43N3O5S/c1-25-14-10-11-17-27(25)24-35(30(32(38)34-33(2,3)4)22-26-15-8-7-9-16-26)31(37)20-13-21-36(42(6,39)40)28-18-12-19-29(23-28)41-5/h7-12,14-19,23,30H,13,20-22,24H2,1-6H3,(H,34,38). The molecule has 226 valence electrons. The van der Waals surface area contributed by atoms with E-state index in [1.165, 1.54) is 11.4 Å². The van der Waals surface area contributed by atoms with Crippen LogP contribution in [0.4, 0.5) is 5.69 Å². The first-order chi connectivity index (χ1) is 19.8. The molecule has 1 atom stereocenters. The number of anilines is 1. The zero-order valence-electron chi connectivity index (χ0n) is 25.5. The molecule has 0 aromatic heterocycles. The van der Waals surface area contributed by atoms with Crippen LogP contribution in [0.25, 0.3) is 0 Å². The molecule has 3 rings (SSSR count). The SMILES string of the molecule is COc1cccc(N(CCCC(=O)N(Cc2ccccc2C)C(Cc2ccccc2)C(=O)NC(C)(C)C)S(C)(=O)=O)c1. The van der Waals surface area contributed by atoms with Crippen LogP contribution in [0.1, 0.15) is 50.3 Å². The predicted octanol–water partition coefficient (Wildman–Crippen LogP) is 5.10. The molecule has 0 spiro atoms. The minimum absolute atomic E-state index is 0.0654. The fourth-order valence-corrected chi connectivity index (χ4v) is 5.70. The summed E-state index contributed by atoms with van der Waals surface area (Å²) in [5.74, 6) is 0.0833.